The van der Waals surface area contributed by atoms with Gasteiger partial charge in [-0.15, -0.1) is 0 Å². The SMILES string of the molecule is COc1cc(CN2CCC(C(=O)N3CCN(Cc4ccc5c(c4)OCO5)CC3)CC2)cc(Br)c1O.O=C(O)C(=O)O. The van der Waals surface area contributed by atoms with Crippen LogP contribution in [-0.4, -0.2) is 101 Å². The Morgan fingerprint density at radius 3 is 2.12 bits per heavy atom. The third kappa shape index (κ3) is 8.02. The van der Waals surface area contributed by atoms with Crippen LogP contribution in [0.1, 0.15) is 24.0 Å². The number of benzene rings is 2. The monoisotopic (exact) mass is 635 g/mol. The molecule has 41 heavy (non-hydrogen) atoms. The number of fused-ring (bicyclic) bond motifs is 1. The van der Waals surface area contributed by atoms with E-state index in [-0.39, 0.29) is 11.7 Å². The van der Waals surface area contributed by atoms with Crippen LogP contribution in [0.2, 0.25) is 0 Å². The number of carboxylic acid groups (broad SMARTS) is 2. The average Bonchev–Trinajstić information content (AvgIpc) is 3.44. The largest absolute Gasteiger partial charge is 0.503 e. The standard InChI is InChI=1S/C26H32BrN3O5.C2H2O4/c1-33-24-14-19(12-21(27)25(24)31)16-28-6-4-20(5-7-28)26(32)30-10-8-29(9-11-30)15-18-2-3-22-23(13-18)35-17-34-22;3-1(4)2(5)6/h2-3,12-14,20,31H,4-11,15-17H2,1H3;(H,3,4)(H,5,6). The number of likely N-dealkylation sites (tertiary alicyclic amines) is 1. The molecule has 1 amide bonds. The van der Waals surface area contributed by atoms with E-state index >= 15 is 0 Å². The second-order valence-electron chi connectivity index (χ2n) is 10.1. The second kappa shape index (κ2) is 13.9. The number of nitrogens with zero attached hydrogens (tertiary/aromatic N) is 3. The molecule has 0 spiro atoms. The van der Waals surface area contributed by atoms with Gasteiger partial charge in [0.1, 0.15) is 0 Å². The van der Waals surface area contributed by atoms with E-state index in [2.05, 4.69) is 42.8 Å². The molecule has 0 atom stereocenters. The molecule has 2 aromatic rings. The van der Waals surface area contributed by atoms with E-state index < -0.39 is 11.9 Å². The maximum Gasteiger partial charge on any atom is 0.414 e. The molecule has 13 heteroatoms. The fourth-order valence-corrected chi connectivity index (χ4v) is 5.64. The lowest BCUT2D eigenvalue weighted by Gasteiger charge is -2.38. The second-order valence-corrected chi connectivity index (χ2v) is 10.9. The van der Waals surface area contributed by atoms with Crippen molar-refractivity contribution in [3.8, 4) is 23.0 Å². The van der Waals surface area contributed by atoms with Crippen molar-refractivity contribution < 1.29 is 43.9 Å². The molecule has 2 saturated heterocycles. The van der Waals surface area contributed by atoms with E-state index in [1.807, 2.05) is 18.2 Å². The van der Waals surface area contributed by atoms with Crippen molar-refractivity contribution in [2.45, 2.75) is 25.9 Å². The number of carbonyl (C=O) groups excluding carboxylic acids is 1. The average molecular weight is 636 g/mol. The summed E-state index contributed by atoms with van der Waals surface area (Å²) in [5.74, 6) is -1.02. The van der Waals surface area contributed by atoms with Crippen LogP contribution in [0.5, 0.6) is 23.0 Å². The molecular formula is C28H34BrN3O9. The van der Waals surface area contributed by atoms with E-state index in [9.17, 15) is 9.90 Å². The number of ether oxygens (including phenoxy) is 3. The molecular weight excluding hydrogens is 602 g/mol. The zero-order valence-electron chi connectivity index (χ0n) is 22.8. The molecule has 2 fully saturated rings. The molecule has 0 unspecified atom stereocenters. The van der Waals surface area contributed by atoms with Gasteiger partial charge in [-0.3, -0.25) is 14.6 Å². The first-order valence-corrected chi connectivity index (χ1v) is 14.1. The van der Waals surface area contributed by atoms with Crippen LogP contribution in [0.3, 0.4) is 0 Å². The first-order chi connectivity index (χ1) is 19.6. The summed E-state index contributed by atoms with van der Waals surface area (Å²) in [5.41, 5.74) is 2.29. The van der Waals surface area contributed by atoms with Gasteiger partial charge in [-0.2, -0.15) is 0 Å². The van der Waals surface area contributed by atoms with Crippen LogP contribution < -0.4 is 14.2 Å². The van der Waals surface area contributed by atoms with Gasteiger partial charge in [-0.05, 0) is 77.3 Å². The van der Waals surface area contributed by atoms with Gasteiger partial charge in [-0.25, -0.2) is 9.59 Å². The molecule has 3 aliphatic heterocycles. The lowest BCUT2D eigenvalue weighted by atomic mass is 9.94. The lowest BCUT2D eigenvalue weighted by Crippen LogP contribution is -2.51. The molecule has 0 radical (unpaired) electrons. The van der Waals surface area contributed by atoms with Crippen LogP contribution in [-0.2, 0) is 27.5 Å². The van der Waals surface area contributed by atoms with Gasteiger partial charge in [0.25, 0.3) is 0 Å². The third-order valence-corrected chi connectivity index (χ3v) is 7.97. The van der Waals surface area contributed by atoms with Crippen molar-refractivity contribution in [2.75, 3.05) is 53.2 Å². The van der Waals surface area contributed by atoms with Crippen molar-refractivity contribution >= 4 is 33.8 Å². The summed E-state index contributed by atoms with van der Waals surface area (Å²) in [6.07, 6.45) is 1.76. The fourth-order valence-electron chi connectivity index (χ4n) is 5.15. The Labute approximate surface area is 246 Å². The Hall–Kier alpha value is -3.55. The zero-order valence-corrected chi connectivity index (χ0v) is 24.3. The van der Waals surface area contributed by atoms with Gasteiger partial charge in [0.05, 0.1) is 11.6 Å². The molecule has 2 aromatic carbocycles. The van der Waals surface area contributed by atoms with Crippen molar-refractivity contribution in [3.05, 3.63) is 45.9 Å². The number of piperazine rings is 1. The van der Waals surface area contributed by atoms with E-state index in [1.54, 1.807) is 7.11 Å². The minimum Gasteiger partial charge on any atom is -0.503 e. The maximum atomic E-state index is 13.2. The Morgan fingerprint density at radius 2 is 1.49 bits per heavy atom. The summed E-state index contributed by atoms with van der Waals surface area (Å²) >= 11 is 3.40. The number of aromatic hydroxyl groups is 1. The van der Waals surface area contributed by atoms with Gasteiger partial charge in [-0.1, -0.05) is 6.07 Å². The molecule has 222 valence electrons. The normalized spacial score (nSPS) is 17.5. The van der Waals surface area contributed by atoms with Gasteiger partial charge < -0.3 is 34.4 Å². The molecule has 0 bridgehead atoms. The Kier molecular flexibility index (Phi) is 10.3. The number of carbonyl (C=O) groups is 3. The summed E-state index contributed by atoms with van der Waals surface area (Å²) in [6.45, 7) is 7.04. The summed E-state index contributed by atoms with van der Waals surface area (Å²) in [5, 5.41) is 24.8. The van der Waals surface area contributed by atoms with E-state index in [1.165, 1.54) is 5.56 Å². The number of halogens is 1. The van der Waals surface area contributed by atoms with Gasteiger partial charge >= 0.3 is 11.9 Å². The lowest BCUT2D eigenvalue weighted by molar-refractivity contribution is -0.159. The highest BCUT2D eigenvalue weighted by Gasteiger charge is 2.30. The number of piperidine rings is 1. The molecule has 3 N–H and O–H groups in total. The van der Waals surface area contributed by atoms with Crippen LogP contribution >= 0.6 is 15.9 Å². The molecule has 3 aliphatic rings. The molecule has 0 aromatic heterocycles. The summed E-state index contributed by atoms with van der Waals surface area (Å²) < 4.78 is 16.8. The highest BCUT2D eigenvalue weighted by Crippen LogP contribution is 2.36. The predicted octanol–water partition coefficient (Wildman–Crippen LogP) is 2.60. The van der Waals surface area contributed by atoms with Crippen LogP contribution in [0.4, 0.5) is 0 Å². The predicted molar refractivity (Wildman–Crippen MR) is 150 cm³/mol. The molecule has 12 nitrogen and oxygen atoms in total. The van der Waals surface area contributed by atoms with E-state index in [0.717, 1.165) is 82.3 Å². The van der Waals surface area contributed by atoms with Gasteiger partial charge in [0, 0.05) is 45.2 Å². The number of phenolic OH excluding ortho intramolecular Hbond substituents is 1. The smallest absolute Gasteiger partial charge is 0.414 e. The van der Waals surface area contributed by atoms with Crippen molar-refractivity contribution in [1.29, 1.82) is 0 Å². The number of phenols is 1. The van der Waals surface area contributed by atoms with Gasteiger partial charge in [0.15, 0.2) is 23.0 Å². The van der Waals surface area contributed by atoms with Crippen molar-refractivity contribution in [2.24, 2.45) is 5.92 Å². The number of carboxylic acids is 2. The zero-order chi connectivity index (χ0) is 29.5. The van der Waals surface area contributed by atoms with Crippen molar-refractivity contribution in [3.63, 3.8) is 0 Å². The van der Waals surface area contributed by atoms with E-state index in [0.29, 0.717) is 22.9 Å². The van der Waals surface area contributed by atoms with Crippen LogP contribution in [0.25, 0.3) is 0 Å². The number of amides is 1. The number of rotatable bonds is 6. The van der Waals surface area contributed by atoms with Gasteiger partial charge in [0.2, 0.25) is 12.7 Å². The number of hydrogen-bond acceptors (Lipinski definition) is 9. The minimum absolute atomic E-state index is 0.104. The maximum absolute atomic E-state index is 13.2. The summed E-state index contributed by atoms with van der Waals surface area (Å²) in [4.78, 5) is 38.2. The highest BCUT2D eigenvalue weighted by atomic mass is 79.9. The van der Waals surface area contributed by atoms with Crippen molar-refractivity contribution in [1.82, 2.24) is 14.7 Å². The first kappa shape index (κ1) is 30.4. The molecule has 3 heterocycles. The van der Waals surface area contributed by atoms with E-state index in [4.69, 9.17) is 34.0 Å². The summed E-state index contributed by atoms with van der Waals surface area (Å²) in [6, 6.07) is 9.92. The number of methoxy groups -OCH3 is 1. The summed E-state index contributed by atoms with van der Waals surface area (Å²) in [7, 11) is 1.56. The Morgan fingerprint density at radius 1 is 0.878 bits per heavy atom. The first-order valence-electron chi connectivity index (χ1n) is 13.3. The molecule has 0 saturated carbocycles. The van der Waals surface area contributed by atoms with Crippen LogP contribution in [0.15, 0.2) is 34.8 Å². The quantitative estimate of drug-likeness (QED) is 0.402. The Balaban J connectivity index is 0.000000585. The minimum atomic E-state index is -1.82. The third-order valence-electron chi connectivity index (χ3n) is 7.36. The van der Waals surface area contributed by atoms with Crippen LogP contribution in [0, 0.1) is 5.92 Å². The Bertz CT molecular complexity index is 1250. The molecule has 0 aliphatic carbocycles. The highest BCUT2D eigenvalue weighted by molar-refractivity contribution is 9.10. The topological polar surface area (TPSA) is 149 Å². The number of aliphatic carboxylic acids is 2. The number of hydrogen-bond donors (Lipinski definition) is 3. The molecule has 5 rings (SSSR count). The fraction of sp³-hybridized carbons (Fsp3) is 0.464.